The summed E-state index contributed by atoms with van der Waals surface area (Å²) in [7, 11) is 0. The highest BCUT2D eigenvalue weighted by molar-refractivity contribution is 5.65. The van der Waals surface area contributed by atoms with Gasteiger partial charge in [-0.15, -0.1) is 0 Å². The van der Waals surface area contributed by atoms with Crippen LogP contribution in [0.1, 0.15) is 23.2 Å². The molecule has 0 aliphatic heterocycles. The van der Waals surface area contributed by atoms with Gasteiger partial charge in [-0.25, -0.2) is 0 Å². The molecule has 0 spiro atoms. The van der Waals surface area contributed by atoms with E-state index in [0.717, 1.165) is 16.9 Å². The normalized spacial score (nSPS) is 12.9. The van der Waals surface area contributed by atoms with Gasteiger partial charge in [-0.3, -0.25) is 0 Å². The van der Waals surface area contributed by atoms with Crippen LogP contribution in [0.4, 0.5) is 11.4 Å². The fourth-order valence-electron chi connectivity index (χ4n) is 3.67. The first-order chi connectivity index (χ1) is 13.8. The molecule has 2 atom stereocenters. The summed E-state index contributed by atoms with van der Waals surface area (Å²) >= 11 is 0. The van der Waals surface area contributed by atoms with Gasteiger partial charge in [0, 0.05) is 11.4 Å². The van der Waals surface area contributed by atoms with E-state index in [9.17, 15) is 0 Å². The van der Waals surface area contributed by atoms with E-state index in [1.54, 1.807) is 0 Å². The van der Waals surface area contributed by atoms with Crippen molar-refractivity contribution in [1.82, 2.24) is 0 Å². The van der Waals surface area contributed by atoms with Crippen LogP contribution in [0.5, 0.6) is 0 Å². The van der Waals surface area contributed by atoms with Crippen molar-refractivity contribution in [3.05, 3.63) is 132 Å². The van der Waals surface area contributed by atoms with Crippen molar-refractivity contribution in [3.8, 4) is 0 Å². The largest absolute Gasteiger partial charge is 0.332 e. The Morgan fingerprint density at radius 2 is 0.821 bits per heavy atom. The molecular formula is C26H24N2. The zero-order valence-electron chi connectivity index (χ0n) is 15.7. The van der Waals surface area contributed by atoms with Gasteiger partial charge in [0.15, 0.2) is 0 Å². The number of benzene rings is 4. The summed E-state index contributed by atoms with van der Waals surface area (Å²) < 4.78 is 0. The quantitative estimate of drug-likeness (QED) is 0.437. The van der Waals surface area contributed by atoms with Crippen LogP contribution >= 0.6 is 0 Å². The summed E-state index contributed by atoms with van der Waals surface area (Å²) in [5, 5.41) is 0. The summed E-state index contributed by atoms with van der Waals surface area (Å²) in [4.78, 5) is 2.34. The first kappa shape index (κ1) is 18.0. The molecule has 0 amide bonds. The van der Waals surface area contributed by atoms with Crippen molar-refractivity contribution in [2.24, 2.45) is 5.73 Å². The molecule has 4 rings (SSSR count). The fraction of sp³-hybridized carbons (Fsp3) is 0.0769. The molecule has 2 unspecified atom stereocenters. The molecule has 4 aromatic carbocycles. The number of hydrogen-bond acceptors (Lipinski definition) is 2. The van der Waals surface area contributed by atoms with Crippen LogP contribution in [0.3, 0.4) is 0 Å². The van der Waals surface area contributed by atoms with Crippen LogP contribution in [-0.4, -0.2) is 0 Å². The number of rotatable bonds is 6. The molecule has 0 fully saturated rings. The zero-order valence-corrected chi connectivity index (χ0v) is 15.7. The van der Waals surface area contributed by atoms with Gasteiger partial charge in [-0.05, 0) is 35.4 Å². The molecule has 0 saturated carbocycles. The van der Waals surface area contributed by atoms with Crippen LogP contribution in [-0.2, 0) is 0 Å². The lowest BCUT2D eigenvalue weighted by molar-refractivity contribution is 0.561. The van der Waals surface area contributed by atoms with E-state index in [4.69, 9.17) is 5.73 Å². The van der Waals surface area contributed by atoms with Gasteiger partial charge in [0.2, 0.25) is 0 Å². The topological polar surface area (TPSA) is 29.3 Å². The van der Waals surface area contributed by atoms with E-state index >= 15 is 0 Å². The van der Waals surface area contributed by atoms with Crippen LogP contribution in [0.15, 0.2) is 121 Å². The second kappa shape index (κ2) is 8.55. The molecule has 0 bridgehead atoms. The number of nitrogens with zero attached hydrogens (tertiary/aromatic N) is 1. The molecule has 0 radical (unpaired) electrons. The predicted octanol–water partition coefficient (Wildman–Crippen LogP) is 6.27. The molecule has 0 heterocycles. The second-order valence-electron chi connectivity index (χ2n) is 6.83. The van der Waals surface area contributed by atoms with Crippen LogP contribution in [0.25, 0.3) is 0 Å². The standard InChI is InChI=1S/C26H24N2/c27-25(21-13-5-1-6-14-21)26(22-15-7-2-8-16-22)28(23-17-9-3-10-18-23)24-19-11-4-12-20-24/h1-20,25-26H,27H2. The van der Waals surface area contributed by atoms with Crippen molar-refractivity contribution in [1.29, 1.82) is 0 Å². The number of hydrogen-bond donors (Lipinski definition) is 1. The van der Waals surface area contributed by atoms with Gasteiger partial charge in [0.05, 0.1) is 12.1 Å². The zero-order chi connectivity index (χ0) is 19.2. The highest BCUT2D eigenvalue weighted by atomic mass is 15.2. The monoisotopic (exact) mass is 364 g/mol. The first-order valence-electron chi connectivity index (χ1n) is 9.59. The fourth-order valence-corrected chi connectivity index (χ4v) is 3.67. The lowest BCUT2D eigenvalue weighted by Gasteiger charge is -2.38. The highest BCUT2D eigenvalue weighted by Crippen LogP contribution is 2.40. The Kier molecular flexibility index (Phi) is 5.51. The number of para-hydroxylation sites is 2. The summed E-state index contributed by atoms with van der Waals surface area (Å²) in [6.45, 7) is 0. The lowest BCUT2D eigenvalue weighted by atomic mass is 9.91. The smallest absolute Gasteiger partial charge is 0.0784 e. The van der Waals surface area contributed by atoms with Gasteiger partial charge in [-0.1, -0.05) is 97.1 Å². The molecule has 0 saturated heterocycles. The molecule has 2 heteroatoms. The predicted molar refractivity (Wildman–Crippen MR) is 118 cm³/mol. The van der Waals surface area contributed by atoms with Gasteiger partial charge in [0.25, 0.3) is 0 Å². The third-order valence-corrected chi connectivity index (χ3v) is 5.01. The minimum Gasteiger partial charge on any atom is -0.332 e. The maximum Gasteiger partial charge on any atom is 0.0784 e. The van der Waals surface area contributed by atoms with Crippen molar-refractivity contribution in [2.45, 2.75) is 12.1 Å². The third kappa shape index (κ3) is 3.83. The van der Waals surface area contributed by atoms with Crippen molar-refractivity contribution >= 4 is 11.4 Å². The van der Waals surface area contributed by atoms with E-state index in [1.807, 2.05) is 36.4 Å². The summed E-state index contributed by atoms with van der Waals surface area (Å²) in [5.74, 6) is 0. The Balaban J connectivity index is 1.89. The maximum atomic E-state index is 6.91. The van der Waals surface area contributed by atoms with Gasteiger partial charge < -0.3 is 10.6 Å². The van der Waals surface area contributed by atoms with E-state index in [-0.39, 0.29) is 12.1 Å². The highest BCUT2D eigenvalue weighted by Gasteiger charge is 2.29. The van der Waals surface area contributed by atoms with Crippen molar-refractivity contribution in [2.75, 3.05) is 4.90 Å². The van der Waals surface area contributed by atoms with Crippen LogP contribution in [0.2, 0.25) is 0 Å². The molecule has 138 valence electrons. The maximum absolute atomic E-state index is 6.91. The molecule has 2 nitrogen and oxygen atoms in total. The molecule has 0 aliphatic rings. The Morgan fingerprint density at radius 1 is 0.464 bits per heavy atom. The van der Waals surface area contributed by atoms with Crippen molar-refractivity contribution < 1.29 is 0 Å². The number of nitrogens with two attached hydrogens (primary N) is 1. The molecule has 4 aromatic rings. The average molecular weight is 364 g/mol. The first-order valence-corrected chi connectivity index (χ1v) is 9.59. The van der Waals surface area contributed by atoms with Gasteiger partial charge in [0.1, 0.15) is 0 Å². The Labute approximate surface area is 166 Å². The lowest BCUT2D eigenvalue weighted by Crippen LogP contribution is -2.33. The Hall–Kier alpha value is -3.36. The summed E-state index contributed by atoms with van der Waals surface area (Å²) in [6, 6.07) is 41.5. The van der Waals surface area contributed by atoms with E-state index in [1.165, 1.54) is 5.56 Å². The average Bonchev–Trinajstić information content (AvgIpc) is 2.79. The van der Waals surface area contributed by atoms with Gasteiger partial charge >= 0.3 is 0 Å². The number of anilines is 2. The van der Waals surface area contributed by atoms with Crippen LogP contribution in [0, 0.1) is 0 Å². The molecule has 28 heavy (non-hydrogen) atoms. The van der Waals surface area contributed by atoms with Gasteiger partial charge in [-0.2, -0.15) is 0 Å². The van der Waals surface area contributed by atoms with E-state index < -0.39 is 0 Å². The minimum absolute atomic E-state index is 0.0478. The Morgan fingerprint density at radius 3 is 1.25 bits per heavy atom. The SMILES string of the molecule is NC(c1ccccc1)C(c1ccccc1)N(c1ccccc1)c1ccccc1. The molecule has 0 aromatic heterocycles. The molecule has 0 aliphatic carbocycles. The Bertz CT molecular complexity index is 930. The van der Waals surface area contributed by atoms with Crippen LogP contribution < -0.4 is 10.6 Å². The van der Waals surface area contributed by atoms with E-state index in [2.05, 4.69) is 89.8 Å². The van der Waals surface area contributed by atoms with E-state index in [0.29, 0.717) is 0 Å². The minimum atomic E-state index is -0.191. The molecule has 2 N–H and O–H groups in total. The molecular weight excluding hydrogens is 340 g/mol. The summed E-state index contributed by atoms with van der Waals surface area (Å²) in [5.41, 5.74) is 11.4. The third-order valence-electron chi connectivity index (χ3n) is 5.01. The summed E-state index contributed by atoms with van der Waals surface area (Å²) in [6.07, 6.45) is 0. The van der Waals surface area contributed by atoms with Crippen molar-refractivity contribution in [3.63, 3.8) is 0 Å². The second-order valence-corrected chi connectivity index (χ2v) is 6.83.